The molecule has 0 N–H and O–H groups in total. The van der Waals surface area contributed by atoms with E-state index in [0.29, 0.717) is 19.3 Å². The minimum absolute atomic E-state index is 0.0743. The van der Waals surface area contributed by atoms with Crippen molar-refractivity contribution in [2.75, 3.05) is 13.2 Å². The monoisotopic (exact) mass is 925 g/mol. The Morgan fingerprint density at radius 2 is 0.545 bits per heavy atom. The number of esters is 3. The number of unbranched alkanes of at least 4 members (excludes halogenated alkanes) is 33. The molecular formula is C60H108O6. The predicted molar refractivity (Wildman–Crippen MR) is 284 cm³/mol. The van der Waals surface area contributed by atoms with Crippen LogP contribution in [0.4, 0.5) is 0 Å². The van der Waals surface area contributed by atoms with E-state index in [1.165, 1.54) is 173 Å². The molecule has 0 rings (SSSR count). The van der Waals surface area contributed by atoms with E-state index in [1.54, 1.807) is 0 Å². The summed E-state index contributed by atoms with van der Waals surface area (Å²) in [7, 11) is 0. The van der Waals surface area contributed by atoms with Crippen molar-refractivity contribution in [3.8, 4) is 0 Å². The summed E-state index contributed by atoms with van der Waals surface area (Å²) in [6.45, 7) is 6.59. The zero-order valence-corrected chi connectivity index (χ0v) is 44.0. The van der Waals surface area contributed by atoms with Gasteiger partial charge in [0.05, 0.1) is 0 Å². The van der Waals surface area contributed by atoms with Gasteiger partial charge in [-0.05, 0) is 83.5 Å². The topological polar surface area (TPSA) is 78.9 Å². The van der Waals surface area contributed by atoms with Gasteiger partial charge in [0.1, 0.15) is 13.2 Å². The van der Waals surface area contributed by atoms with E-state index in [4.69, 9.17) is 14.2 Å². The maximum Gasteiger partial charge on any atom is 0.306 e. The number of hydrogen-bond acceptors (Lipinski definition) is 6. The molecule has 1 atom stereocenters. The average molecular weight is 926 g/mol. The Balaban J connectivity index is 4.13. The molecule has 0 aromatic heterocycles. The van der Waals surface area contributed by atoms with Crippen molar-refractivity contribution in [3.05, 3.63) is 48.6 Å². The van der Waals surface area contributed by atoms with Crippen LogP contribution < -0.4 is 0 Å². The summed E-state index contributed by atoms with van der Waals surface area (Å²) in [5, 5.41) is 0. The summed E-state index contributed by atoms with van der Waals surface area (Å²) in [6, 6.07) is 0. The van der Waals surface area contributed by atoms with Gasteiger partial charge < -0.3 is 14.2 Å². The average Bonchev–Trinajstić information content (AvgIpc) is 3.31. The van der Waals surface area contributed by atoms with Gasteiger partial charge in [0.25, 0.3) is 0 Å². The van der Waals surface area contributed by atoms with E-state index in [2.05, 4.69) is 69.4 Å². The van der Waals surface area contributed by atoms with Crippen LogP contribution in [0, 0.1) is 0 Å². The van der Waals surface area contributed by atoms with Gasteiger partial charge in [-0.2, -0.15) is 0 Å². The highest BCUT2D eigenvalue weighted by molar-refractivity contribution is 5.71. The fourth-order valence-electron chi connectivity index (χ4n) is 8.21. The number of ether oxygens (including phenoxy) is 3. The van der Waals surface area contributed by atoms with Gasteiger partial charge in [0.15, 0.2) is 6.10 Å². The lowest BCUT2D eigenvalue weighted by molar-refractivity contribution is -0.167. The second-order valence-corrected chi connectivity index (χ2v) is 19.2. The molecule has 0 amide bonds. The van der Waals surface area contributed by atoms with Gasteiger partial charge >= 0.3 is 17.9 Å². The van der Waals surface area contributed by atoms with Crippen LogP contribution in [0.25, 0.3) is 0 Å². The molecule has 0 fully saturated rings. The van der Waals surface area contributed by atoms with Crippen molar-refractivity contribution in [3.63, 3.8) is 0 Å². The summed E-state index contributed by atoms with van der Waals surface area (Å²) in [5.41, 5.74) is 0. The SMILES string of the molecule is CCCCC/C=C\CCCCCCCC(=O)OC(COC(=O)CCCCCCCCCCC)COC(=O)CCCCCCCCCCCCCC/C=C\C/C=C\C/C=C\CCCCCCC. The van der Waals surface area contributed by atoms with Crippen LogP contribution in [0.5, 0.6) is 0 Å². The van der Waals surface area contributed by atoms with E-state index in [1.807, 2.05) is 0 Å². The molecule has 6 heteroatoms. The Kier molecular flexibility index (Phi) is 52.8. The Hall–Kier alpha value is -2.63. The molecule has 0 aliphatic carbocycles. The van der Waals surface area contributed by atoms with Crippen molar-refractivity contribution in [1.29, 1.82) is 0 Å². The predicted octanol–water partition coefficient (Wildman–Crippen LogP) is 19.0. The zero-order valence-electron chi connectivity index (χ0n) is 44.0. The Bertz CT molecular complexity index is 1150. The third-order valence-electron chi connectivity index (χ3n) is 12.6. The highest BCUT2D eigenvalue weighted by Gasteiger charge is 2.19. The van der Waals surface area contributed by atoms with E-state index >= 15 is 0 Å². The molecule has 1 unspecified atom stereocenters. The first-order valence-corrected chi connectivity index (χ1v) is 28.6. The molecule has 0 aromatic rings. The van der Waals surface area contributed by atoms with Crippen LogP contribution in [-0.2, 0) is 28.6 Å². The van der Waals surface area contributed by atoms with Crippen LogP contribution in [-0.4, -0.2) is 37.2 Å². The molecule has 0 aliphatic rings. The lowest BCUT2D eigenvalue weighted by atomic mass is 10.0. The van der Waals surface area contributed by atoms with Gasteiger partial charge in [-0.3, -0.25) is 14.4 Å². The van der Waals surface area contributed by atoms with Gasteiger partial charge in [-0.25, -0.2) is 0 Å². The Morgan fingerprint density at radius 1 is 0.303 bits per heavy atom. The van der Waals surface area contributed by atoms with Gasteiger partial charge in [0, 0.05) is 19.3 Å². The maximum atomic E-state index is 12.8. The number of hydrogen-bond donors (Lipinski definition) is 0. The summed E-state index contributed by atoms with van der Waals surface area (Å²) in [4.78, 5) is 37.9. The lowest BCUT2D eigenvalue weighted by Gasteiger charge is -2.18. The molecule has 0 spiro atoms. The molecule has 0 heterocycles. The first-order chi connectivity index (χ1) is 32.5. The van der Waals surface area contributed by atoms with Crippen LogP contribution in [0.15, 0.2) is 48.6 Å². The first kappa shape index (κ1) is 63.4. The highest BCUT2D eigenvalue weighted by atomic mass is 16.6. The highest BCUT2D eigenvalue weighted by Crippen LogP contribution is 2.16. The minimum atomic E-state index is -0.773. The largest absolute Gasteiger partial charge is 0.462 e. The van der Waals surface area contributed by atoms with Crippen molar-refractivity contribution in [1.82, 2.24) is 0 Å². The molecule has 6 nitrogen and oxygen atoms in total. The molecule has 0 aromatic carbocycles. The van der Waals surface area contributed by atoms with Crippen LogP contribution in [0.2, 0.25) is 0 Å². The van der Waals surface area contributed by atoms with Crippen LogP contribution >= 0.6 is 0 Å². The van der Waals surface area contributed by atoms with Crippen molar-refractivity contribution < 1.29 is 28.6 Å². The fraction of sp³-hybridized carbons (Fsp3) is 0.817. The standard InChI is InChI=1S/C60H108O6/c1-4-7-10-13-16-19-21-23-24-25-26-27-28-29-30-31-32-33-34-35-36-37-39-41-44-47-50-53-59(62)65-56-57(55-64-58(61)52-49-46-43-40-18-15-12-9-6-3)66-60(63)54-51-48-45-42-38-22-20-17-14-11-8-5-2/h17,20-21,23,25-26,28-29,57H,4-16,18-19,22,24,27,30-56H2,1-3H3/b20-17-,23-21-,26-25-,29-28-. The second-order valence-electron chi connectivity index (χ2n) is 19.2. The number of carbonyl (C=O) groups excluding carboxylic acids is 3. The molecule has 384 valence electrons. The molecule has 66 heavy (non-hydrogen) atoms. The minimum Gasteiger partial charge on any atom is -0.462 e. The fourth-order valence-corrected chi connectivity index (χ4v) is 8.21. The normalized spacial score (nSPS) is 12.3. The van der Waals surface area contributed by atoms with E-state index < -0.39 is 6.10 Å². The maximum absolute atomic E-state index is 12.8. The zero-order chi connectivity index (χ0) is 47.9. The number of allylic oxidation sites excluding steroid dienone is 8. The quantitative estimate of drug-likeness (QED) is 0.0262. The third-order valence-corrected chi connectivity index (χ3v) is 12.6. The molecular weight excluding hydrogens is 817 g/mol. The van der Waals surface area contributed by atoms with Crippen molar-refractivity contribution in [2.45, 2.75) is 303 Å². The smallest absolute Gasteiger partial charge is 0.306 e. The third kappa shape index (κ3) is 52.3. The van der Waals surface area contributed by atoms with Gasteiger partial charge in [-0.1, -0.05) is 243 Å². The second kappa shape index (κ2) is 55.0. The molecule has 0 saturated heterocycles. The first-order valence-electron chi connectivity index (χ1n) is 28.6. The summed E-state index contributed by atoms with van der Waals surface area (Å²) in [5.74, 6) is -0.878. The summed E-state index contributed by atoms with van der Waals surface area (Å²) in [6.07, 6.45) is 66.9. The van der Waals surface area contributed by atoms with Gasteiger partial charge in [0.2, 0.25) is 0 Å². The number of carbonyl (C=O) groups is 3. The molecule has 0 saturated carbocycles. The van der Waals surface area contributed by atoms with E-state index in [0.717, 1.165) is 83.5 Å². The van der Waals surface area contributed by atoms with Crippen molar-refractivity contribution >= 4 is 17.9 Å². The van der Waals surface area contributed by atoms with E-state index in [9.17, 15) is 14.4 Å². The van der Waals surface area contributed by atoms with Gasteiger partial charge in [-0.15, -0.1) is 0 Å². The summed E-state index contributed by atoms with van der Waals surface area (Å²) >= 11 is 0. The molecule has 0 bridgehead atoms. The molecule has 0 aliphatic heterocycles. The Morgan fingerprint density at radius 3 is 0.894 bits per heavy atom. The lowest BCUT2D eigenvalue weighted by Crippen LogP contribution is -2.30. The Labute approximate surface area is 409 Å². The summed E-state index contributed by atoms with van der Waals surface area (Å²) < 4.78 is 16.8. The van der Waals surface area contributed by atoms with E-state index in [-0.39, 0.29) is 31.1 Å². The molecule has 0 radical (unpaired) electrons. The van der Waals surface area contributed by atoms with Crippen LogP contribution in [0.1, 0.15) is 297 Å². The van der Waals surface area contributed by atoms with Crippen molar-refractivity contribution in [2.24, 2.45) is 0 Å². The van der Waals surface area contributed by atoms with Crippen LogP contribution in [0.3, 0.4) is 0 Å². The number of rotatable bonds is 52.